The number of nitrogens with zero attached hydrogens (tertiary/aromatic N) is 2. The number of carbonyl (C=O) groups excluding carboxylic acids is 2. The van der Waals surface area contributed by atoms with Crippen molar-refractivity contribution in [1.29, 1.82) is 0 Å². The lowest BCUT2D eigenvalue weighted by Gasteiger charge is -2.35. The van der Waals surface area contributed by atoms with E-state index in [-0.39, 0.29) is 37.6 Å². The van der Waals surface area contributed by atoms with Crippen molar-refractivity contribution < 1.29 is 22.8 Å². The summed E-state index contributed by atoms with van der Waals surface area (Å²) in [5.41, 5.74) is -1.33. The van der Waals surface area contributed by atoms with Crippen molar-refractivity contribution >= 4 is 44.8 Å². The van der Waals surface area contributed by atoms with Gasteiger partial charge in [-0.15, -0.1) is 11.3 Å². The summed E-state index contributed by atoms with van der Waals surface area (Å²) < 4.78 is 40.6. The first kappa shape index (κ1) is 20.7. The van der Waals surface area contributed by atoms with Crippen molar-refractivity contribution in [2.75, 3.05) is 26.2 Å². The predicted octanol–water partition coefficient (Wildman–Crippen LogP) is 5.17. The maximum Gasteiger partial charge on any atom is 0.417 e. The van der Waals surface area contributed by atoms with E-state index < -0.39 is 17.6 Å². The number of halogens is 4. The third-order valence-corrected chi connectivity index (χ3v) is 6.71. The molecule has 2 aromatic carbocycles. The van der Waals surface area contributed by atoms with Gasteiger partial charge in [-0.1, -0.05) is 41.9 Å². The van der Waals surface area contributed by atoms with E-state index in [0.29, 0.717) is 9.90 Å². The van der Waals surface area contributed by atoms with E-state index in [9.17, 15) is 22.8 Å². The predicted molar refractivity (Wildman–Crippen MR) is 110 cm³/mol. The zero-order chi connectivity index (χ0) is 21.5. The molecule has 3 aromatic rings. The second kappa shape index (κ2) is 7.92. The fourth-order valence-corrected chi connectivity index (χ4v) is 4.97. The molecule has 1 fully saturated rings. The van der Waals surface area contributed by atoms with Crippen LogP contribution in [0.25, 0.3) is 10.1 Å². The number of carbonyl (C=O) groups is 2. The number of alkyl halides is 3. The van der Waals surface area contributed by atoms with Crippen molar-refractivity contribution in [2.24, 2.45) is 0 Å². The van der Waals surface area contributed by atoms with Gasteiger partial charge in [0.15, 0.2) is 0 Å². The lowest BCUT2D eigenvalue weighted by Crippen LogP contribution is -2.50. The van der Waals surface area contributed by atoms with Gasteiger partial charge in [-0.2, -0.15) is 13.2 Å². The summed E-state index contributed by atoms with van der Waals surface area (Å²) in [5.74, 6) is -0.918. The maximum atomic E-state index is 13.2. The topological polar surface area (TPSA) is 40.6 Å². The second-order valence-corrected chi connectivity index (χ2v) is 8.30. The molecule has 4 nitrogen and oxygen atoms in total. The maximum absolute atomic E-state index is 13.2. The Labute approximate surface area is 179 Å². The monoisotopic (exact) mass is 452 g/mol. The summed E-state index contributed by atoms with van der Waals surface area (Å²) in [5, 5.41) is 1.21. The van der Waals surface area contributed by atoms with E-state index >= 15 is 0 Å². The van der Waals surface area contributed by atoms with Crippen LogP contribution in [-0.2, 0) is 6.18 Å². The fraction of sp³-hybridized carbons (Fsp3) is 0.238. The van der Waals surface area contributed by atoms with Gasteiger partial charge >= 0.3 is 6.18 Å². The third kappa shape index (κ3) is 3.77. The van der Waals surface area contributed by atoms with Gasteiger partial charge in [0.1, 0.15) is 4.88 Å². The second-order valence-electron chi connectivity index (χ2n) is 6.87. The van der Waals surface area contributed by atoms with Crippen LogP contribution >= 0.6 is 22.9 Å². The highest BCUT2D eigenvalue weighted by Crippen LogP contribution is 2.36. The van der Waals surface area contributed by atoms with Crippen LogP contribution in [0.2, 0.25) is 5.02 Å². The molecule has 0 unspecified atom stereocenters. The molecule has 1 aliphatic rings. The Kier molecular flexibility index (Phi) is 5.46. The Morgan fingerprint density at radius 1 is 0.867 bits per heavy atom. The van der Waals surface area contributed by atoms with Gasteiger partial charge in [0, 0.05) is 36.3 Å². The smallest absolute Gasteiger partial charge is 0.335 e. The molecule has 2 heterocycles. The molecule has 0 N–H and O–H groups in total. The van der Waals surface area contributed by atoms with E-state index in [2.05, 4.69) is 0 Å². The highest BCUT2D eigenvalue weighted by atomic mass is 35.5. The molecule has 1 aliphatic heterocycles. The van der Waals surface area contributed by atoms with E-state index in [0.717, 1.165) is 16.2 Å². The third-order valence-electron chi connectivity index (χ3n) is 5.05. The minimum atomic E-state index is -4.61. The molecule has 0 radical (unpaired) electrons. The number of hydrogen-bond donors (Lipinski definition) is 0. The first-order valence-corrected chi connectivity index (χ1v) is 10.4. The van der Waals surface area contributed by atoms with Crippen molar-refractivity contribution in [3.05, 3.63) is 69.6 Å². The van der Waals surface area contributed by atoms with Crippen LogP contribution in [0, 0.1) is 0 Å². The molecule has 0 atom stereocenters. The summed E-state index contributed by atoms with van der Waals surface area (Å²) in [6.45, 7) is 0.755. The van der Waals surface area contributed by atoms with E-state index in [1.807, 2.05) is 24.3 Å². The number of hydrogen-bond acceptors (Lipinski definition) is 3. The molecule has 2 amide bonds. The SMILES string of the molecule is O=C(c1ccccc1C(F)(F)F)N1CCN(C(=O)c2sc3ccccc3c2Cl)CC1. The molecule has 0 aliphatic carbocycles. The van der Waals surface area contributed by atoms with Gasteiger partial charge in [-0.3, -0.25) is 9.59 Å². The van der Waals surface area contributed by atoms with E-state index in [1.54, 1.807) is 4.90 Å². The Balaban J connectivity index is 1.48. The first-order valence-electron chi connectivity index (χ1n) is 9.19. The van der Waals surface area contributed by atoms with E-state index in [4.69, 9.17) is 11.6 Å². The zero-order valence-electron chi connectivity index (χ0n) is 15.6. The van der Waals surface area contributed by atoms with Crippen LogP contribution in [-0.4, -0.2) is 47.8 Å². The zero-order valence-corrected chi connectivity index (χ0v) is 17.2. The molecular weight excluding hydrogens is 437 g/mol. The van der Waals surface area contributed by atoms with Gasteiger partial charge in [0.25, 0.3) is 11.8 Å². The largest absolute Gasteiger partial charge is 0.417 e. The average molecular weight is 453 g/mol. The van der Waals surface area contributed by atoms with Gasteiger partial charge in [0.2, 0.25) is 0 Å². The summed E-state index contributed by atoms with van der Waals surface area (Å²) in [4.78, 5) is 29.0. The van der Waals surface area contributed by atoms with Crippen LogP contribution in [0.5, 0.6) is 0 Å². The fourth-order valence-electron chi connectivity index (χ4n) is 3.49. The molecule has 1 saturated heterocycles. The Hall–Kier alpha value is -2.58. The van der Waals surface area contributed by atoms with E-state index in [1.165, 1.54) is 34.4 Å². The van der Waals surface area contributed by atoms with Crippen LogP contribution in [0.15, 0.2) is 48.5 Å². The van der Waals surface area contributed by atoms with Gasteiger partial charge in [0.05, 0.1) is 16.1 Å². The average Bonchev–Trinajstić information content (AvgIpc) is 3.09. The number of piperazine rings is 1. The Bertz CT molecular complexity index is 1120. The van der Waals surface area contributed by atoms with Crippen LogP contribution in [0.3, 0.4) is 0 Å². The van der Waals surface area contributed by atoms with Crippen molar-refractivity contribution in [3.63, 3.8) is 0 Å². The highest BCUT2D eigenvalue weighted by Gasteiger charge is 2.36. The van der Waals surface area contributed by atoms with Crippen molar-refractivity contribution in [1.82, 2.24) is 9.80 Å². The lowest BCUT2D eigenvalue weighted by molar-refractivity contribution is -0.138. The number of benzene rings is 2. The Morgan fingerprint density at radius 2 is 1.43 bits per heavy atom. The molecule has 4 rings (SSSR count). The minimum absolute atomic E-state index is 0.152. The number of thiophene rings is 1. The minimum Gasteiger partial charge on any atom is -0.335 e. The van der Waals surface area contributed by atoms with Crippen LogP contribution in [0.4, 0.5) is 13.2 Å². The normalized spacial score (nSPS) is 14.9. The Morgan fingerprint density at radius 3 is 2.07 bits per heavy atom. The molecule has 9 heteroatoms. The summed E-state index contributed by atoms with van der Waals surface area (Å²) in [6, 6.07) is 12.2. The number of fused-ring (bicyclic) bond motifs is 1. The van der Waals surface area contributed by atoms with Gasteiger partial charge in [-0.25, -0.2) is 0 Å². The quantitative estimate of drug-likeness (QED) is 0.538. The van der Waals surface area contributed by atoms with Crippen LogP contribution in [0.1, 0.15) is 25.6 Å². The molecule has 156 valence electrons. The van der Waals surface area contributed by atoms with Crippen molar-refractivity contribution in [3.8, 4) is 0 Å². The summed E-state index contributed by atoms with van der Waals surface area (Å²) in [6.07, 6.45) is -4.61. The highest BCUT2D eigenvalue weighted by molar-refractivity contribution is 7.21. The van der Waals surface area contributed by atoms with Gasteiger partial charge < -0.3 is 9.80 Å². The molecule has 30 heavy (non-hydrogen) atoms. The summed E-state index contributed by atoms with van der Waals surface area (Å²) >= 11 is 7.69. The standard InChI is InChI=1S/C21H16ClF3N2O2S/c22-17-14-6-2-4-8-16(14)30-18(17)20(29)27-11-9-26(10-12-27)19(28)13-5-1-3-7-15(13)21(23,24)25/h1-8H,9-12H2. The molecular formula is C21H16ClF3N2O2S. The first-order chi connectivity index (χ1) is 14.3. The van der Waals surface area contributed by atoms with Crippen LogP contribution < -0.4 is 0 Å². The lowest BCUT2D eigenvalue weighted by atomic mass is 10.1. The molecule has 0 saturated carbocycles. The molecule has 1 aromatic heterocycles. The van der Waals surface area contributed by atoms with Gasteiger partial charge in [-0.05, 0) is 18.2 Å². The molecule has 0 bridgehead atoms. The number of amides is 2. The van der Waals surface area contributed by atoms with Crippen molar-refractivity contribution in [2.45, 2.75) is 6.18 Å². The number of rotatable bonds is 2. The summed E-state index contributed by atoms with van der Waals surface area (Å²) in [7, 11) is 0. The molecule has 0 spiro atoms.